The van der Waals surface area contributed by atoms with Crippen molar-refractivity contribution < 1.29 is 9.94 Å². The van der Waals surface area contributed by atoms with E-state index < -0.39 is 0 Å². The summed E-state index contributed by atoms with van der Waals surface area (Å²) in [4.78, 5) is 6.22. The first-order valence-electron chi connectivity index (χ1n) is 3.67. The predicted octanol–water partition coefficient (Wildman–Crippen LogP) is -0.354. The smallest absolute Gasteiger partial charge is 0.0958 e. The Morgan fingerprint density at radius 3 is 3.33 bits per heavy atom. The van der Waals surface area contributed by atoms with E-state index in [2.05, 4.69) is 9.59 Å². The minimum atomic E-state index is -0.356. The number of nitrogens with zero attached hydrogens (tertiary/aromatic N) is 3. The molecule has 0 bridgehead atoms. The zero-order valence-corrected chi connectivity index (χ0v) is 7.20. The number of β-amino-alcohol motifs (C(OH)–C–C–N with tert-alkyl or cyclic N) is 1. The maximum absolute atomic E-state index is 9.13. The van der Waals surface area contributed by atoms with E-state index in [9.17, 15) is 0 Å². The monoisotopic (exact) mass is 187 g/mol. The van der Waals surface area contributed by atoms with Crippen LogP contribution in [0.5, 0.6) is 0 Å². The van der Waals surface area contributed by atoms with Crippen LogP contribution in [0.4, 0.5) is 0 Å². The SMILES string of the molecule is O[C@H]1CON(Cc2cnns2)C1. The van der Waals surface area contributed by atoms with E-state index in [0.29, 0.717) is 19.7 Å². The highest BCUT2D eigenvalue weighted by molar-refractivity contribution is 7.05. The van der Waals surface area contributed by atoms with Crippen LogP contribution in [0.1, 0.15) is 4.88 Å². The Morgan fingerprint density at radius 1 is 1.83 bits per heavy atom. The van der Waals surface area contributed by atoms with E-state index in [0.717, 1.165) is 4.88 Å². The van der Waals surface area contributed by atoms with Gasteiger partial charge in [0.15, 0.2) is 0 Å². The van der Waals surface area contributed by atoms with Gasteiger partial charge in [0, 0.05) is 0 Å². The van der Waals surface area contributed by atoms with Gasteiger partial charge >= 0.3 is 0 Å². The van der Waals surface area contributed by atoms with Crippen LogP contribution < -0.4 is 0 Å². The molecule has 0 unspecified atom stereocenters. The van der Waals surface area contributed by atoms with Gasteiger partial charge in [-0.25, -0.2) is 0 Å². The maximum Gasteiger partial charge on any atom is 0.0958 e. The Hall–Kier alpha value is -0.560. The molecule has 0 spiro atoms. The summed E-state index contributed by atoms with van der Waals surface area (Å²) < 4.78 is 3.73. The highest BCUT2D eigenvalue weighted by atomic mass is 32.1. The van der Waals surface area contributed by atoms with E-state index in [4.69, 9.17) is 9.94 Å². The second-order valence-corrected chi connectivity index (χ2v) is 3.53. The molecule has 0 radical (unpaired) electrons. The molecule has 1 aliphatic rings. The van der Waals surface area contributed by atoms with Crippen LogP contribution in [0, 0.1) is 0 Å². The van der Waals surface area contributed by atoms with Gasteiger partial charge in [-0.15, -0.1) is 5.10 Å². The largest absolute Gasteiger partial charge is 0.389 e. The number of hydrogen-bond donors (Lipinski definition) is 1. The fraction of sp³-hybridized carbons (Fsp3) is 0.667. The average molecular weight is 187 g/mol. The molecular weight excluding hydrogens is 178 g/mol. The first kappa shape index (κ1) is 8.06. The number of aliphatic hydroxyl groups is 1. The second kappa shape index (κ2) is 3.44. The van der Waals surface area contributed by atoms with Crippen LogP contribution in [0.25, 0.3) is 0 Å². The molecule has 1 atom stereocenters. The Bertz CT molecular complexity index is 241. The Labute approximate surface area is 73.7 Å². The summed E-state index contributed by atoms with van der Waals surface area (Å²) in [6, 6.07) is 0. The molecule has 12 heavy (non-hydrogen) atoms. The number of aliphatic hydroxyl groups excluding tert-OH is 1. The van der Waals surface area contributed by atoms with Gasteiger partial charge in [-0.1, -0.05) is 4.49 Å². The molecule has 2 heterocycles. The molecule has 1 aromatic rings. The Balaban J connectivity index is 1.88. The Morgan fingerprint density at radius 2 is 2.75 bits per heavy atom. The third-order valence-electron chi connectivity index (χ3n) is 1.60. The van der Waals surface area contributed by atoms with Gasteiger partial charge in [-0.3, -0.25) is 4.84 Å². The standard InChI is InChI=1S/C6H9N3O2S/c10-5-2-9(11-4-5)3-6-1-7-8-12-6/h1,5,10H,2-4H2/t5-/m1/s1. The fourth-order valence-corrected chi connectivity index (χ4v) is 1.57. The lowest BCUT2D eigenvalue weighted by atomic mass is 10.4. The van der Waals surface area contributed by atoms with E-state index in [1.807, 2.05) is 0 Å². The van der Waals surface area contributed by atoms with Crippen LogP contribution in [0.15, 0.2) is 6.20 Å². The van der Waals surface area contributed by atoms with Crippen molar-refractivity contribution in [2.45, 2.75) is 12.6 Å². The summed E-state index contributed by atoms with van der Waals surface area (Å²) in [5.74, 6) is 0. The van der Waals surface area contributed by atoms with Crippen LogP contribution >= 0.6 is 11.5 Å². The summed E-state index contributed by atoms with van der Waals surface area (Å²) >= 11 is 1.35. The molecule has 0 saturated carbocycles. The normalized spacial score (nSPS) is 24.9. The molecule has 5 nitrogen and oxygen atoms in total. The first-order valence-corrected chi connectivity index (χ1v) is 4.44. The van der Waals surface area contributed by atoms with E-state index in [1.54, 1.807) is 11.3 Å². The lowest BCUT2D eigenvalue weighted by Gasteiger charge is -2.10. The van der Waals surface area contributed by atoms with Crippen molar-refractivity contribution in [1.29, 1.82) is 0 Å². The van der Waals surface area contributed by atoms with Crippen molar-refractivity contribution in [1.82, 2.24) is 14.7 Å². The van der Waals surface area contributed by atoms with Crippen LogP contribution in [0.2, 0.25) is 0 Å². The molecule has 1 aromatic heterocycles. The number of aromatic nitrogens is 2. The molecule has 1 saturated heterocycles. The minimum Gasteiger partial charge on any atom is -0.389 e. The van der Waals surface area contributed by atoms with Gasteiger partial charge in [-0.2, -0.15) is 5.06 Å². The van der Waals surface area contributed by atoms with Crippen molar-refractivity contribution in [3.63, 3.8) is 0 Å². The lowest BCUT2D eigenvalue weighted by molar-refractivity contribution is -0.117. The molecule has 0 aromatic carbocycles. The van der Waals surface area contributed by atoms with Crippen LogP contribution in [0.3, 0.4) is 0 Å². The minimum absolute atomic E-state index is 0.356. The molecule has 1 aliphatic heterocycles. The molecule has 66 valence electrons. The predicted molar refractivity (Wildman–Crippen MR) is 42.3 cm³/mol. The topological polar surface area (TPSA) is 58.5 Å². The van der Waals surface area contributed by atoms with Crippen molar-refractivity contribution in [3.05, 3.63) is 11.1 Å². The first-order chi connectivity index (χ1) is 5.84. The summed E-state index contributed by atoms with van der Waals surface area (Å²) in [5, 5.41) is 14.6. The average Bonchev–Trinajstić information content (AvgIpc) is 2.63. The molecule has 0 amide bonds. The number of hydrogen-bond acceptors (Lipinski definition) is 6. The summed E-state index contributed by atoms with van der Waals surface area (Å²) in [6.07, 6.45) is 1.35. The summed E-state index contributed by atoms with van der Waals surface area (Å²) in [7, 11) is 0. The van der Waals surface area contributed by atoms with Crippen LogP contribution in [-0.2, 0) is 11.4 Å². The van der Waals surface area contributed by atoms with Gasteiger partial charge in [-0.05, 0) is 11.5 Å². The third-order valence-corrected chi connectivity index (χ3v) is 2.25. The molecular formula is C6H9N3O2S. The third kappa shape index (κ3) is 1.78. The van der Waals surface area contributed by atoms with Crippen molar-refractivity contribution >= 4 is 11.5 Å². The van der Waals surface area contributed by atoms with Crippen LogP contribution in [-0.4, -0.2) is 39.0 Å². The summed E-state index contributed by atoms with van der Waals surface area (Å²) in [6.45, 7) is 1.62. The Kier molecular flexibility index (Phi) is 2.31. The highest BCUT2D eigenvalue weighted by Gasteiger charge is 2.21. The van der Waals surface area contributed by atoms with Gasteiger partial charge in [0.2, 0.25) is 0 Å². The lowest BCUT2D eigenvalue weighted by Crippen LogP contribution is -2.19. The van der Waals surface area contributed by atoms with E-state index in [1.165, 1.54) is 11.5 Å². The van der Waals surface area contributed by atoms with Crippen molar-refractivity contribution in [3.8, 4) is 0 Å². The second-order valence-electron chi connectivity index (χ2n) is 2.66. The van der Waals surface area contributed by atoms with Gasteiger partial charge in [0.1, 0.15) is 0 Å². The molecule has 0 aliphatic carbocycles. The molecule has 6 heteroatoms. The zero-order valence-electron chi connectivity index (χ0n) is 6.38. The van der Waals surface area contributed by atoms with E-state index in [-0.39, 0.29) is 6.10 Å². The molecule has 1 N–H and O–H groups in total. The highest BCUT2D eigenvalue weighted by Crippen LogP contribution is 2.12. The van der Waals surface area contributed by atoms with E-state index >= 15 is 0 Å². The molecule has 2 rings (SSSR count). The number of hydroxylamine groups is 2. The van der Waals surface area contributed by atoms with Gasteiger partial charge in [0.25, 0.3) is 0 Å². The van der Waals surface area contributed by atoms with Crippen molar-refractivity contribution in [2.75, 3.05) is 13.2 Å². The maximum atomic E-state index is 9.13. The molecule has 1 fully saturated rings. The van der Waals surface area contributed by atoms with Gasteiger partial charge in [0.05, 0.1) is 36.9 Å². The van der Waals surface area contributed by atoms with Crippen molar-refractivity contribution in [2.24, 2.45) is 0 Å². The fourth-order valence-electron chi connectivity index (χ4n) is 1.07. The number of rotatable bonds is 2. The van der Waals surface area contributed by atoms with Gasteiger partial charge < -0.3 is 5.11 Å². The zero-order chi connectivity index (χ0) is 8.39. The summed E-state index contributed by atoms with van der Waals surface area (Å²) in [5.41, 5.74) is 0. The quantitative estimate of drug-likeness (QED) is 0.685.